The Morgan fingerprint density at radius 1 is 1.19 bits per heavy atom. The number of nitro groups is 1. The number of hydrogen-bond acceptors (Lipinski definition) is 6. The van der Waals surface area contributed by atoms with Gasteiger partial charge in [-0.3, -0.25) is 10.1 Å². The number of amidine groups is 1. The molecule has 0 aromatic heterocycles. The second kappa shape index (κ2) is 8.61. The van der Waals surface area contributed by atoms with Crippen LogP contribution in [0.2, 0.25) is 0 Å². The zero-order valence-electron chi connectivity index (χ0n) is 14.5. The van der Waals surface area contributed by atoms with Gasteiger partial charge in [-0.05, 0) is 31.0 Å². The van der Waals surface area contributed by atoms with Gasteiger partial charge in [-0.25, -0.2) is 4.79 Å². The maximum Gasteiger partial charge on any atom is 0.372 e. The first-order valence-corrected chi connectivity index (χ1v) is 7.80. The summed E-state index contributed by atoms with van der Waals surface area (Å²) in [5.41, 5.74) is 8.41. The summed E-state index contributed by atoms with van der Waals surface area (Å²) in [7, 11) is 0. The van der Waals surface area contributed by atoms with Crippen LogP contribution in [0.4, 0.5) is 5.69 Å². The molecule has 0 amide bonds. The van der Waals surface area contributed by atoms with E-state index in [1.54, 1.807) is 18.2 Å². The highest BCUT2D eigenvalue weighted by Gasteiger charge is 2.08. The molecule has 2 aromatic carbocycles. The molecule has 0 bridgehead atoms. The predicted octanol–water partition coefficient (Wildman–Crippen LogP) is 2.65. The van der Waals surface area contributed by atoms with Gasteiger partial charge in [0.1, 0.15) is 11.6 Å². The third kappa shape index (κ3) is 5.59. The predicted molar refractivity (Wildman–Crippen MR) is 95.9 cm³/mol. The summed E-state index contributed by atoms with van der Waals surface area (Å²) in [5, 5.41) is 14.2. The Balaban J connectivity index is 1.83. The van der Waals surface area contributed by atoms with Crippen molar-refractivity contribution < 1.29 is 19.3 Å². The van der Waals surface area contributed by atoms with Crippen LogP contribution in [0.1, 0.15) is 16.7 Å². The highest BCUT2D eigenvalue weighted by Crippen LogP contribution is 2.18. The molecule has 0 unspecified atom stereocenters. The lowest BCUT2D eigenvalue weighted by atomic mass is 10.1. The topological polar surface area (TPSA) is 117 Å². The molecule has 0 aliphatic heterocycles. The highest BCUT2D eigenvalue weighted by atomic mass is 16.7. The van der Waals surface area contributed by atoms with Gasteiger partial charge in [0.05, 0.1) is 4.92 Å². The number of hydrogen-bond donors (Lipinski definition) is 1. The third-order valence-electron chi connectivity index (χ3n) is 3.47. The molecule has 0 aliphatic rings. The van der Waals surface area contributed by atoms with Crippen LogP contribution >= 0.6 is 0 Å². The lowest BCUT2D eigenvalue weighted by Crippen LogP contribution is -2.19. The van der Waals surface area contributed by atoms with Gasteiger partial charge in [0, 0.05) is 18.6 Å². The molecule has 0 fully saturated rings. The number of ether oxygens (including phenoxy) is 1. The average Bonchev–Trinajstić information content (AvgIpc) is 2.59. The van der Waals surface area contributed by atoms with E-state index in [4.69, 9.17) is 15.3 Å². The number of benzene rings is 2. The molecule has 0 saturated carbocycles. The number of nitrogens with two attached hydrogens (primary N) is 1. The molecule has 2 N–H and O–H groups in total. The lowest BCUT2D eigenvalue weighted by Gasteiger charge is -2.08. The monoisotopic (exact) mass is 357 g/mol. The van der Waals surface area contributed by atoms with E-state index in [0.717, 1.165) is 11.1 Å². The quantitative estimate of drug-likeness (QED) is 0.268. The summed E-state index contributed by atoms with van der Waals surface area (Å²) in [6, 6.07) is 11.5. The number of nitrogens with zero attached hydrogens (tertiary/aromatic N) is 2. The summed E-state index contributed by atoms with van der Waals surface area (Å²) in [6.07, 6.45) is 0.198. The van der Waals surface area contributed by atoms with Gasteiger partial charge in [0.15, 0.2) is 6.61 Å². The van der Waals surface area contributed by atoms with Gasteiger partial charge in [-0.15, -0.1) is 0 Å². The number of rotatable bonds is 7. The lowest BCUT2D eigenvalue weighted by molar-refractivity contribution is -0.384. The summed E-state index contributed by atoms with van der Waals surface area (Å²) in [5.74, 6) is -0.0225. The zero-order valence-corrected chi connectivity index (χ0v) is 14.5. The van der Waals surface area contributed by atoms with Crippen molar-refractivity contribution in [2.45, 2.75) is 20.3 Å². The minimum atomic E-state index is -0.684. The van der Waals surface area contributed by atoms with Crippen molar-refractivity contribution in [1.82, 2.24) is 0 Å². The van der Waals surface area contributed by atoms with Crippen molar-refractivity contribution >= 4 is 17.5 Å². The van der Waals surface area contributed by atoms with E-state index < -0.39 is 10.9 Å². The SMILES string of the molecule is Cc1ccc(OCC(=O)O/N=C(\N)Cc2ccc([N+](=O)[O-])cc2)c(C)c1. The van der Waals surface area contributed by atoms with Crippen LogP contribution in [0, 0.1) is 24.0 Å². The van der Waals surface area contributed by atoms with E-state index in [0.29, 0.717) is 11.3 Å². The second-order valence-electron chi connectivity index (χ2n) is 5.70. The van der Waals surface area contributed by atoms with Gasteiger partial charge in [0.2, 0.25) is 0 Å². The van der Waals surface area contributed by atoms with E-state index in [-0.39, 0.29) is 24.6 Å². The fourth-order valence-electron chi connectivity index (χ4n) is 2.21. The molecule has 0 saturated heterocycles. The Labute approximate surface area is 150 Å². The standard InChI is InChI=1S/C18H19N3O5/c1-12-3-8-16(13(2)9-12)25-11-18(22)26-20-17(19)10-14-4-6-15(7-5-14)21(23)24/h3-9H,10-11H2,1-2H3,(H2,19,20). The largest absolute Gasteiger partial charge is 0.482 e. The first kappa shape index (κ1) is 18.9. The van der Waals surface area contributed by atoms with Crippen molar-refractivity contribution in [2.24, 2.45) is 10.9 Å². The molecule has 8 heteroatoms. The molecule has 136 valence electrons. The smallest absolute Gasteiger partial charge is 0.372 e. The van der Waals surface area contributed by atoms with Crippen LogP contribution in [0.25, 0.3) is 0 Å². The van der Waals surface area contributed by atoms with Crippen molar-refractivity contribution in [3.8, 4) is 5.75 Å². The van der Waals surface area contributed by atoms with Crippen molar-refractivity contribution in [1.29, 1.82) is 0 Å². The third-order valence-corrected chi connectivity index (χ3v) is 3.47. The van der Waals surface area contributed by atoms with Gasteiger partial charge >= 0.3 is 5.97 Å². The zero-order chi connectivity index (χ0) is 19.1. The molecule has 2 rings (SSSR count). The van der Waals surface area contributed by atoms with Crippen LogP contribution in [0.15, 0.2) is 47.6 Å². The Hall–Kier alpha value is -3.42. The van der Waals surface area contributed by atoms with Crippen molar-refractivity contribution in [3.05, 3.63) is 69.3 Å². The number of carbonyl (C=O) groups excluding carboxylic acids is 1. The Morgan fingerprint density at radius 2 is 1.88 bits per heavy atom. The molecular formula is C18H19N3O5. The molecule has 26 heavy (non-hydrogen) atoms. The fourth-order valence-corrected chi connectivity index (χ4v) is 2.21. The fraction of sp³-hybridized carbons (Fsp3) is 0.222. The molecule has 2 aromatic rings. The summed E-state index contributed by atoms with van der Waals surface area (Å²) in [4.78, 5) is 26.5. The minimum absolute atomic E-state index is 0.0146. The summed E-state index contributed by atoms with van der Waals surface area (Å²) >= 11 is 0. The van der Waals surface area contributed by atoms with E-state index in [1.807, 2.05) is 26.0 Å². The van der Waals surface area contributed by atoms with Crippen LogP contribution in [-0.2, 0) is 16.1 Å². The van der Waals surface area contributed by atoms with Crippen LogP contribution < -0.4 is 10.5 Å². The first-order chi connectivity index (χ1) is 12.3. The van der Waals surface area contributed by atoms with Gasteiger partial charge in [0.25, 0.3) is 5.69 Å². The van der Waals surface area contributed by atoms with Crippen molar-refractivity contribution in [2.75, 3.05) is 6.61 Å². The minimum Gasteiger partial charge on any atom is -0.482 e. The molecule has 0 aliphatic carbocycles. The summed E-state index contributed by atoms with van der Waals surface area (Å²) in [6.45, 7) is 3.56. The number of oxime groups is 1. The van der Waals surface area contributed by atoms with Gasteiger partial charge in [-0.1, -0.05) is 35.0 Å². The number of non-ortho nitro benzene ring substituents is 1. The normalized spacial score (nSPS) is 11.1. The summed E-state index contributed by atoms with van der Waals surface area (Å²) < 4.78 is 5.39. The van der Waals surface area contributed by atoms with Crippen molar-refractivity contribution in [3.63, 3.8) is 0 Å². The van der Waals surface area contributed by atoms with Crippen LogP contribution in [0.3, 0.4) is 0 Å². The van der Waals surface area contributed by atoms with Crippen LogP contribution in [-0.4, -0.2) is 23.3 Å². The van der Waals surface area contributed by atoms with E-state index in [9.17, 15) is 14.9 Å². The Morgan fingerprint density at radius 3 is 2.50 bits per heavy atom. The second-order valence-corrected chi connectivity index (χ2v) is 5.70. The average molecular weight is 357 g/mol. The van der Waals surface area contributed by atoms with E-state index >= 15 is 0 Å². The Bertz CT molecular complexity index is 831. The molecule has 0 spiro atoms. The maximum absolute atomic E-state index is 11.7. The Kier molecular flexibility index (Phi) is 6.26. The van der Waals surface area contributed by atoms with Gasteiger partial charge < -0.3 is 15.3 Å². The molecule has 8 nitrogen and oxygen atoms in total. The van der Waals surface area contributed by atoms with Crippen LogP contribution in [0.5, 0.6) is 5.75 Å². The number of aryl methyl sites for hydroxylation is 2. The van der Waals surface area contributed by atoms with E-state index in [2.05, 4.69) is 5.16 Å². The number of carbonyl (C=O) groups is 1. The molecule has 0 heterocycles. The maximum atomic E-state index is 11.7. The molecule has 0 atom stereocenters. The number of nitro benzene ring substituents is 1. The first-order valence-electron chi connectivity index (χ1n) is 7.80. The van der Waals surface area contributed by atoms with Gasteiger partial charge in [-0.2, -0.15) is 0 Å². The molecule has 0 radical (unpaired) electrons. The van der Waals surface area contributed by atoms with E-state index in [1.165, 1.54) is 12.1 Å². The highest BCUT2D eigenvalue weighted by molar-refractivity contribution is 5.83. The molecular weight excluding hydrogens is 338 g/mol.